The molecule has 258 valence electrons. The largest absolute Gasteiger partial charge is 0.468 e. The minimum Gasteiger partial charge on any atom is -0.368 e. The zero-order chi connectivity index (χ0) is 34.4. The quantitative estimate of drug-likeness (QED) is 0.0898. The third-order valence-corrected chi connectivity index (χ3v) is 8.99. The first-order valence-corrected chi connectivity index (χ1v) is 17.8. The van der Waals surface area contributed by atoms with Crippen LogP contribution in [0.4, 0.5) is 0 Å². The minimum absolute atomic E-state index is 0.179. The van der Waals surface area contributed by atoms with E-state index in [1.165, 1.54) is 0 Å². The molecule has 9 heteroatoms. The van der Waals surface area contributed by atoms with E-state index in [1.807, 2.05) is 152 Å². The normalized spacial score (nSPS) is 21.8. The van der Waals surface area contributed by atoms with Crippen LogP contribution in [0.1, 0.15) is 27.8 Å². The molecule has 0 bridgehead atoms. The highest BCUT2D eigenvalue weighted by molar-refractivity contribution is 7.24. The Labute approximate surface area is 293 Å². The van der Waals surface area contributed by atoms with Gasteiger partial charge in [0, 0.05) is 0 Å². The van der Waals surface area contributed by atoms with Gasteiger partial charge in [0.25, 0.3) is 0 Å². The fraction of sp³-hybridized carbons (Fsp3) is 0.268. The van der Waals surface area contributed by atoms with Crippen molar-refractivity contribution in [2.45, 2.75) is 69.7 Å². The molecule has 6 atom stereocenters. The first-order valence-electron chi connectivity index (χ1n) is 16.7. The highest BCUT2D eigenvalue weighted by Gasteiger charge is 2.55. The molecule has 0 spiro atoms. The zero-order valence-electron chi connectivity index (χ0n) is 27.6. The zero-order valence-corrected chi connectivity index (χ0v) is 28.5. The highest BCUT2D eigenvalue weighted by Crippen LogP contribution is 2.38. The molecule has 50 heavy (non-hydrogen) atoms. The Morgan fingerprint density at radius 1 is 0.320 bits per heavy atom. The summed E-state index contributed by atoms with van der Waals surface area (Å²) in [5.41, 5.74) is 4.65. The van der Waals surface area contributed by atoms with Gasteiger partial charge in [-0.15, -0.1) is 0 Å². The molecule has 0 aromatic heterocycles. The van der Waals surface area contributed by atoms with Crippen molar-refractivity contribution in [2.24, 2.45) is 0 Å². The molecule has 0 radical (unpaired) electrons. The minimum atomic E-state index is -3.32. The lowest BCUT2D eigenvalue weighted by molar-refractivity contribution is -0.278. The smallest absolute Gasteiger partial charge is 0.368 e. The highest BCUT2D eigenvalue weighted by atomic mass is 31.1. The Morgan fingerprint density at radius 3 is 0.720 bits per heavy atom. The average Bonchev–Trinajstić information content (AvgIpc) is 3.16. The van der Waals surface area contributed by atoms with Crippen LogP contribution >= 0.6 is 7.91 Å². The van der Waals surface area contributed by atoms with E-state index in [1.54, 1.807) is 0 Å². The van der Waals surface area contributed by atoms with Crippen molar-refractivity contribution in [1.82, 2.24) is 0 Å². The summed E-state index contributed by atoms with van der Waals surface area (Å²) in [4.78, 5) is 0. The first-order chi connectivity index (χ1) is 24.6. The van der Waals surface area contributed by atoms with E-state index in [-0.39, 0.29) is 33.0 Å². The van der Waals surface area contributed by atoms with Gasteiger partial charge in [0.15, 0.2) is 0 Å². The summed E-state index contributed by atoms with van der Waals surface area (Å²) < 4.78 is 64.1. The summed E-state index contributed by atoms with van der Waals surface area (Å²) in [5.74, 6) is 0. The van der Waals surface area contributed by atoms with Crippen molar-refractivity contribution in [2.75, 3.05) is 0 Å². The van der Waals surface area contributed by atoms with E-state index in [2.05, 4.69) is 0 Å². The van der Waals surface area contributed by atoms with Gasteiger partial charge in [0.1, 0.15) is 36.6 Å². The lowest BCUT2D eigenvalue weighted by Crippen LogP contribution is -2.67. The molecule has 6 rings (SSSR count). The standard InChI is InChI=1S/C41H41O8P/c42-50(43)49-41-39(47-29-34-22-12-4-13-23-34)37(45-27-32-18-8-2-9-19-32)36(44-26-31-16-6-1-7-17-31)38(46-28-33-20-10-3-11-21-33)40(41)48-30-35-24-14-5-15-25-35/h1-25,36-41H,26-30H2/t36?,37-,38?,39?,40+,41-/m1/s1. The number of hydrogen-bond acceptors (Lipinski definition) is 8. The molecule has 0 saturated heterocycles. The molecule has 1 aliphatic rings. The van der Waals surface area contributed by atoms with Crippen LogP contribution in [0.15, 0.2) is 152 Å². The van der Waals surface area contributed by atoms with E-state index in [4.69, 9.17) is 28.2 Å². The van der Waals surface area contributed by atoms with Gasteiger partial charge >= 0.3 is 7.91 Å². The molecular weight excluding hydrogens is 651 g/mol. The lowest BCUT2D eigenvalue weighted by atomic mass is 9.83. The fourth-order valence-electron chi connectivity index (χ4n) is 6.12. The maximum atomic E-state index is 12.5. The Bertz CT molecular complexity index is 1650. The van der Waals surface area contributed by atoms with Crippen LogP contribution in [0.3, 0.4) is 0 Å². The molecule has 1 aliphatic carbocycles. The van der Waals surface area contributed by atoms with Crippen molar-refractivity contribution in [1.29, 1.82) is 0 Å². The maximum absolute atomic E-state index is 12.5. The van der Waals surface area contributed by atoms with Crippen LogP contribution in [0, 0.1) is 0 Å². The van der Waals surface area contributed by atoms with E-state index >= 15 is 0 Å². The van der Waals surface area contributed by atoms with Crippen LogP contribution in [0.5, 0.6) is 0 Å². The monoisotopic (exact) mass is 692 g/mol. The van der Waals surface area contributed by atoms with Crippen molar-refractivity contribution < 1.29 is 37.3 Å². The second kappa shape index (κ2) is 18.7. The van der Waals surface area contributed by atoms with Gasteiger partial charge in [-0.25, -0.2) is 9.13 Å². The molecule has 0 heterocycles. The second-order valence-corrected chi connectivity index (χ2v) is 12.8. The molecule has 5 aromatic carbocycles. The van der Waals surface area contributed by atoms with E-state index in [0.717, 1.165) is 27.8 Å². The maximum Gasteiger partial charge on any atom is 0.468 e. The van der Waals surface area contributed by atoms with Gasteiger partial charge in [-0.1, -0.05) is 152 Å². The van der Waals surface area contributed by atoms with Crippen molar-refractivity contribution in [3.63, 3.8) is 0 Å². The number of hydrogen-bond donors (Lipinski definition) is 0. The average molecular weight is 693 g/mol. The summed E-state index contributed by atoms with van der Waals surface area (Å²) in [6.07, 6.45) is -5.37. The Kier molecular flexibility index (Phi) is 13.3. The molecule has 0 aliphatic heterocycles. The number of benzene rings is 5. The molecule has 1 fully saturated rings. The molecule has 5 aromatic rings. The van der Waals surface area contributed by atoms with Gasteiger partial charge in [0.2, 0.25) is 0 Å². The molecule has 0 amide bonds. The first kappa shape index (κ1) is 35.6. The Hall–Kier alpha value is -4.24. The number of ether oxygens (including phenoxy) is 5. The van der Waals surface area contributed by atoms with Crippen LogP contribution in [-0.4, -0.2) is 36.6 Å². The summed E-state index contributed by atoms with van der Waals surface area (Å²) in [5, 5.41) is 0. The summed E-state index contributed by atoms with van der Waals surface area (Å²) in [6.45, 7) is 1.05. The predicted molar refractivity (Wildman–Crippen MR) is 188 cm³/mol. The van der Waals surface area contributed by atoms with Crippen LogP contribution in [-0.2, 0) is 70.4 Å². The van der Waals surface area contributed by atoms with Crippen molar-refractivity contribution >= 4 is 7.91 Å². The van der Waals surface area contributed by atoms with Gasteiger partial charge in [0.05, 0.1) is 33.0 Å². The molecule has 0 N–H and O–H groups in total. The predicted octanol–water partition coefficient (Wildman–Crippen LogP) is 8.40. The third kappa shape index (κ3) is 10.2. The van der Waals surface area contributed by atoms with Gasteiger partial charge in [-0.3, -0.25) is 4.52 Å². The van der Waals surface area contributed by atoms with Crippen LogP contribution in [0.25, 0.3) is 0 Å². The van der Waals surface area contributed by atoms with E-state index in [0.29, 0.717) is 0 Å². The topological polar surface area (TPSA) is 89.5 Å². The number of rotatable bonds is 17. The lowest BCUT2D eigenvalue weighted by Gasteiger charge is -2.49. The van der Waals surface area contributed by atoms with Gasteiger partial charge in [-0.2, -0.15) is 0 Å². The molecule has 8 nitrogen and oxygen atoms in total. The summed E-state index contributed by atoms with van der Waals surface area (Å²) >= 11 is 0. The summed E-state index contributed by atoms with van der Waals surface area (Å²) in [7, 11) is -3.32. The third-order valence-electron chi connectivity index (χ3n) is 8.58. The second-order valence-electron chi connectivity index (χ2n) is 12.1. The van der Waals surface area contributed by atoms with Gasteiger partial charge in [-0.05, 0) is 27.8 Å². The van der Waals surface area contributed by atoms with Crippen molar-refractivity contribution in [3.05, 3.63) is 179 Å². The Morgan fingerprint density at radius 2 is 0.520 bits per heavy atom. The molecule has 1 saturated carbocycles. The van der Waals surface area contributed by atoms with Crippen LogP contribution < -0.4 is 0 Å². The van der Waals surface area contributed by atoms with E-state index in [9.17, 15) is 9.13 Å². The van der Waals surface area contributed by atoms with E-state index < -0.39 is 44.5 Å². The SMILES string of the molecule is O=P(=O)O[C@@H]1C(OCc2ccccc2)[C@H](OCc2ccccc2)C(OCc2ccccc2)C(OCc2ccccc2)[C@@H]1OCc1ccccc1. The van der Waals surface area contributed by atoms with Crippen molar-refractivity contribution in [3.8, 4) is 0 Å². The fourth-order valence-corrected chi connectivity index (χ4v) is 6.56. The molecular formula is C41H41O8P. The van der Waals surface area contributed by atoms with Crippen LogP contribution in [0.2, 0.25) is 0 Å². The van der Waals surface area contributed by atoms with Gasteiger partial charge < -0.3 is 23.7 Å². The Balaban J connectivity index is 1.41. The summed E-state index contributed by atoms with van der Waals surface area (Å²) in [6, 6.07) is 48.8. The molecule has 3 unspecified atom stereocenters.